The van der Waals surface area contributed by atoms with Crippen LogP contribution in [-0.2, 0) is 0 Å². The van der Waals surface area contributed by atoms with E-state index in [0.29, 0.717) is 11.8 Å². The zero-order valence-corrected chi connectivity index (χ0v) is 8.31. The van der Waals surface area contributed by atoms with Crippen LogP contribution >= 0.6 is 0 Å². The minimum Gasteiger partial charge on any atom is -0.481 e. The van der Waals surface area contributed by atoms with Crippen molar-refractivity contribution in [2.75, 3.05) is 7.11 Å². The molecule has 76 valence electrons. The second-order valence-corrected chi connectivity index (χ2v) is 3.74. The van der Waals surface area contributed by atoms with Crippen molar-refractivity contribution in [3.05, 3.63) is 23.9 Å². The second-order valence-electron chi connectivity index (χ2n) is 3.74. The summed E-state index contributed by atoms with van der Waals surface area (Å²) >= 11 is 0. The number of hydrogen-bond donors (Lipinski definition) is 1. The molecule has 0 aliphatic heterocycles. The molecule has 0 spiro atoms. The first-order valence-corrected chi connectivity index (χ1v) is 5.00. The Labute approximate surface area is 83.7 Å². The fraction of sp³-hybridized carbons (Fsp3) is 0.545. The average molecular weight is 193 g/mol. The summed E-state index contributed by atoms with van der Waals surface area (Å²) in [5.41, 5.74) is 0.819. The Hall–Kier alpha value is -1.09. The molecule has 1 heterocycles. The van der Waals surface area contributed by atoms with E-state index in [4.69, 9.17) is 4.74 Å². The van der Waals surface area contributed by atoms with Gasteiger partial charge in [-0.3, -0.25) is 0 Å². The molecule has 0 amide bonds. The monoisotopic (exact) mass is 193 g/mol. The fourth-order valence-corrected chi connectivity index (χ4v) is 1.81. The molecule has 0 aromatic carbocycles. The lowest BCUT2D eigenvalue weighted by Gasteiger charge is -2.30. The first-order chi connectivity index (χ1) is 6.83. The van der Waals surface area contributed by atoms with Gasteiger partial charge in [0.2, 0.25) is 5.88 Å². The van der Waals surface area contributed by atoms with Crippen LogP contribution in [0.2, 0.25) is 0 Å². The fourth-order valence-electron chi connectivity index (χ4n) is 1.81. The Morgan fingerprint density at radius 2 is 2.36 bits per heavy atom. The maximum atomic E-state index is 10.0. The molecule has 3 heteroatoms. The molecule has 1 aliphatic rings. The molecule has 0 bridgehead atoms. The van der Waals surface area contributed by atoms with Crippen LogP contribution in [0.3, 0.4) is 0 Å². The number of pyridine rings is 1. The minimum atomic E-state index is -0.410. The van der Waals surface area contributed by atoms with Crippen molar-refractivity contribution < 1.29 is 9.84 Å². The smallest absolute Gasteiger partial charge is 0.218 e. The molecule has 0 saturated heterocycles. The molecule has 1 saturated carbocycles. The molecular weight excluding hydrogens is 178 g/mol. The van der Waals surface area contributed by atoms with Gasteiger partial charge in [-0.25, -0.2) is 4.98 Å². The predicted molar refractivity (Wildman–Crippen MR) is 53.1 cm³/mol. The third kappa shape index (κ3) is 1.60. The van der Waals surface area contributed by atoms with Gasteiger partial charge in [-0.15, -0.1) is 0 Å². The highest BCUT2D eigenvalue weighted by Gasteiger charge is 2.28. The van der Waals surface area contributed by atoms with Crippen molar-refractivity contribution in [3.63, 3.8) is 0 Å². The molecule has 1 unspecified atom stereocenters. The largest absolute Gasteiger partial charge is 0.481 e. The van der Waals surface area contributed by atoms with E-state index in [2.05, 4.69) is 4.98 Å². The Balaban J connectivity index is 2.20. The Morgan fingerprint density at radius 1 is 1.57 bits per heavy atom. The Bertz CT molecular complexity index is 310. The van der Waals surface area contributed by atoms with Gasteiger partial charge in [-0.1, -0.05) is 6.42 Å². The van der Waals surface area contributed by atoms with Crippen LogP contribution in [0.5, 0.6) is 5.88 Å². The van der Waals surface area contributed by atoms with Gasteiger partial charge >= 0.3 is 0 Å². The van der Waals surface area contributed by atoms with E-state index < -0.39 is 6.10 Å². The van der Waals surface area contributed by atoms with Crippen LogP contribution in [0.4, 0.5) is 0 Å². The lowest BCUT2D eigenvalue weighted by molar-refractivity contribution is 0.0595. The SMILES string of the molecule is COc1ncccc1C(O)C1CCC1. The predicted octanol–water partition coefficient (Wildman–Crippen LogP) is 1.92. The minimum absolute atomic E-state index is 0.396. The number of aliphatic hydroxyl groups is 1. The maximum absolute atomic E-state index is 10.0. The first-order valence-electron chi connectivity index (χ1n) is 5.00. The molecule has 0 radical (unpaired) electrons. The lowest BCUT2D eigenvalue weighted by atomic mass is 9.79. The normalized spacial score (nSPS) is 18.7. The molecule has 3 nitrogen and oxygen atoms in total. The molecule has 1 N–H and O–H groups in total. The number of rotatable bonds is 3. The van der Waals surface area contributed by atoms with Crippen molar-refractivity contribution in [2.45, 2.75) is 25.4 Å². The summed E-state index contributed by atoms with van der Waals surface area (Å²) in [5, 5.41) is 10.0. The van der Waals surface area contributed by atoms with Crippen LogP contribution in [0.15, 0.2) is 18.3 Å². The van der Waals surface area contributed by atoms with Gasteiger partial charge in [0.05, 0.1) is 13.2 Å². The molecule has 2 rings (SSSR count). The highest BCUT2D eigenvalue weighted by atomic mass is 16.5. The topological polar surface area (TPSA) is 42.4 Å². The third-order valence-corrected chi connectivity index (χ3v) is 2.91. The molecule has 1 fully saturated rings. The van der Waals surface area contributed by atoms with Gasteiger partial charge in [-0.05, 0) is 30.9 Å². The number of nitrogens with zero attached hydrogens (tertiary/aromatic N) is 1. The summed E-state index contributed by atoms with van der Waals surface area (Å²) in [6, 6.07) is 3.72. The molecule has 1 aromatic heterocycles. The lowest BCUT2D eigenvalue weighted by Crippen LogP contribution is -2.20. The summed E-state index contributed by atoms with van der Waals surface area (Å²) in [5.74, 6) is 0.944. The van der Waals surface area contributed by atoms with Crippen molar-refractivity contribution >= 4 is 0 Å². The summed E-state index contributed by atoms with van der Waals surface area (Å²) < 4.78 is 5.11. The standard InChI is InChI=1S/C11H15NO2/c1-14-11-9(6-3-7-12-11)10(13)8-4-2-5-8/h3,6-8,10,13H,2,4-5H2,1H3. The number of hydrogen-bond acceptors (Lipinski definition) is 3. The van der Waals surface area contributed by atoms with E-state index in [-0.39, 0.29) is 0 Å². The quantitative estimate of drug-likeness (QED) is 0.797. The van der Waals surface area contributed by atoms with Gasteiger partial charge in [0.25, 0.3) is 0 Å². The molecular formula is C11H15NO2. The maximum Gasteiger partial charge on any atom is 0.218 e. The van der Waals surface area contributed by atoms with Crippen LogP contribution in [0.1, 0.15) is 30.9 Å². The third-order valence-electron chi connectivity index (χ3n) is 2.91. The summed E-state index contributed by atoms with van der Waals surface area (Å²) in [7, 11) is 1.58. The van der Waals surface area contributed by atoms with Crippen LogP contribution < -0.4 is 4.74 Å². The first kappa shape index (κ1) is 9.46. The van der Waals surface area contributed by atoms with Gasteiger partial charge in [0.1, 0.15) is 0 Å². The van der Waals surface area contributed by atoms with Crippen LogP contribution in [-0.4, -0.2) is 17.2 Å². The van der Waals surface area contributed by atoms with E-state index in [1.807, 2.05) is 12.1 Å². The highest BCUT2D eigenvalue weighted by Crippen LogP contribution is 2.39. The van der Waals surface area contributed by atoms with E-state index in [0.717, 1.165) is 18.4 Å². The highest BCUT2D eigenvalue weighted by molar-refractivity contribution is 5.28. The number of aromatic nitrogens is 1. The Morgan fingerprint density at radius 3 is 2.93 bits per heavy atom. The van der Waals surface area contributed by atoms with E-state index in [1.54, 1.807) is 13.3 Å². The van der Waals surface area contributed by atoms with Gasteiger partial charge < -0.3 is 9.84 Å². The second kappa shape index (κ2) is 3.96. The van der Waals surface area contributed by atoms with Crippen molar-refractivity contribution in [3.8, 4) is 5.88 Å². The number of aliphatic hydroxyl groups excluding tert-OH is 1. The molecule has 1 aliphatic carbocycles. The van der Waals surface area contributed by atoms with Crippen molar-refractivity contribution in [1.82, 2.24) is 4.98 Å². The van der Waals surface area contributed by atoms with Gasteiger partial charge in [-0.2, -0.15) is 0 Å². The zero-order chi connectivity index (χ0) is 9.97. The summed E-state index contributed by atoms with van der Waals surface area (Å²) in [6.07, 6.45) is 4.71. The van der Waals surface area contributed by atoms with E-state index in [1.165, 1.54) is 6.42 Å². The summed E-state index contributed by atoms with van der Waals surface area (Å²) in [4.78, 5) is 4.08. The van der Waals surface area contributed by atoms with Crippen molar-refractivity contribution in [1.29, 1.82) is 0 Å². The van der Waals surface area contributed by atoms with E-state index in [9.17, 15) is 5.11 Å². The number of ether oxygens (including phenoxy) is 1. The zero-order valence-electron chi connectivity index (χ0n) is 8.31. The Kier molecular flexibility index (Phi) is 2.68. The molecule has 1 atom stereocenters. The van der Waals surface area contributed by atoms with E-state index >= 15 is 0 Å². The molecule has 1 aromatic rings. The number of methoxy groups -OCH3 is 1. The molecule has 14 heavy (non-hydrogen) atoms. The van der Waals surface area contributed by atoms with Crippen LogP contribution in [0.25, 0.3) is 0 Å². The van der Waals surface area contributed by atoms with Gasteiger partial charge in [0, 0.05) is 11.8 Å². The summed E-state index contributed by atoms with van der Waals surface area (Å²) in [6.45, 7) is 0. The average Bonchev–Trinajstić information content (AvgIpc) is 2.15. The van der Waals surface area contributed by atoms with Crippen LogP contribution in [0, 0.1) is 5.92 Å². The van der Waals surface area contributed by atoms with Crippen molar-refractivity contribution in [2.24, 2.45) is 5.92 Å². The van der Waals surface area contributed by atoms with Gasteiger partial charge in [0.15, 0.2) is 0 Å².